The van der Waals surface area contributed by atoms with Crippen LogP contribution in [0.4, 0.5) is 5.69 Å². The first-order valence-corrected chi connectivity index (χ1v) is 9.14. The minimum Gasteiger partial charge on any atom is -0.354 e. The fourth-order valence-electron chi connectivity index (χ4n) is 2.47. The molecule has 0 atom stereocenters. The zero-order valence-electron chi connectivity index (χ0n) is 13.3. The maximum atomic E-state index is 12.6. The van der Waals surface area contributed by atoms with Gasteiger partial charge in [0.15, 0.2) is 0 Å². The molecule has 2 aromatic rings. The molecule has 0 aromatic heterocycles. The van der Waals surface area contributed by atoms with Gasteiger partial charge in [-0.25, -0.2) is 8.42 Å². The molecule has 2 N–H and O–H groups in total. The van der Waals surface area contributed by atoms with E-state index in [2.05, 4.69) is 10.6 Å². The molecule has 3 rings (SSSR count). The topological polar surface area (TPSA) is 95.6 Å². The lowest BCUT2D eigenvalue weighted by molar-refractivity contribution is -0.122. The van der Waals surface area contributed by atoms with Crippen molar-refractivity contribution in [1.29, 1.82) is 0 Å². The second-order valence-electron chi connectivity index (χ2n) is 5.53. The molecule has 0 unspecified atom stereocenters. The van der Waals surface area contributed by atoms with Crippen molar-refractivity contribution in [2.75, 3.05) is 25.0 Å². The van der Waals surface area contributed by atoms with Crippen LogP contribution in [-0.2, 0) is 14.8 Å². The number of benzene rings is 2. The van der Waals surface area contributed by atoms with Crippen LogP contribution in [0.5, 0.6) is 0 Å². The molecule has 1 aliphatic rings. The predicted molar refractivity (Wildman–Crippen MR) is 92.6 cm³/mol. The van der Waals surface area contributed by atoms with Crippen LogP contribution in [-0.4, -0.2) is 44.2 Å². The van der Waals surface area contributed by atoms with Crippen molar-refractivity contribution in [2.24, 2.45) is 0 Å². The van der Waals surface area contributed by atoms with Crippen LogP contribution in [0.2, 0.25) is 0 Å². The van der Waals surface area contributed by atoms with E-state index >= 15 is 0 Å². The highest BCUT2D eigenvalue weighted by molar-refractivity contribution is 7.89. The monoisotopic (exact) mass is 359 g/mol. The van der Waals surface area contributed by atoms with Crippen molar-refractivity contribution in [3.63, 3.8) is 0 Å². The van der Waals surface area contributed by atoms with Gasteiger partial charge in [-0.3, -0.25) is 9.59 Å². The van der Waals surface area contributed by atoms with E-state index in [-0.39, 0.29) is 36.3 Å². The van der Waals surface area contributed by atoms with Gasteiger partial charge >= 0.3 is 0 Å². The lowest BCUT2D eigenvalue weighted by atomic mass is 10.2. The summed E-state index contributed by atoms with van der Waals surface area (Å²) in [7, 11) is -3.76. The van der Waals surface area contributed by atoms with E-state index in [9.17, 15) is 18.0 Å². The highest BCUT2D eigenvalue weighted by atomic mass is 32.2. The third-order valence-electron chi connectivity index (χ3n) is 3.79. The molecule has 25 heavy (non-hydrogen) atoms. The molecule has 2 aromatic carbocycles. The molecule has 1 aliphatic heterocycles. The van der Waals surface area contributed by atoms with Crippen molar-refractivity contribution in [1.82, 2.24) is 9.62 Å². The maximum Gasteiger partial charge on any atom is 0.255 e. The molecule has 1 saturated heterocycles. The van der Waals surface area contributed by atoms with E-state index in [0.29, 0.717) is 11.3 Å². The van der Waals surface area contributed by atoms with E-state index in [4.69, 9.17) is 0 Å². The number of para-hydroxylation sites is 1. The smallest absolute Gasteiger partial charge is 0.255 e. The minimum absolute atomic E-state index is 0.0541. The van der Waals surface area contributed by atoms with Gasteiger partial charge < -0.3 is 10.6 Å². The van der Waals surface area contributed by atoms with E-state index < -0.39 is 10.0 Å². The van der Waals surface area contributed by atoms with Gasteiger partial charge in [-0.15, -0.1) is 0 Å². The summed E-state index contributed by atoms with van der Waals surface area (Å²) in [6.45, 7) is 0.318. The van der Waals surface area contributed by atoms with Crippen LogP contribution in [0.15, 0.2) is 59.5 Å². The van der Waals surface area contributed by atoms with Crippen LogP contribution in [0.25, 0.3) is 0 Å². The van der Waals surface area contributed by atoms with E-state index in [0.717, 1.165) is 4.31 Å². The van der Waals surface area contributed by atoms with E-state index in [1.807, 2.05) is 6.07 Å². The largest absolute Gasteiger partial charge is 0.354 e. The quantitative estimate of drug-likeness (QED) is 0.853. The summed E-state index contributed by atoms with van der Waals surface area (Å²) in [6.07, 6.45) is 0. The Morgan fingerprint density at radius 3 is 2.36 bits per heavy atom. The number of piperazine rings is 1. The molecule has 1 fully saturated rings. The number of nitrogens with one attached hydrogen (secondary N) is 2. The summed E-state index contributed by atoms with van der Waals surface area (Å²) in [6, 6.07) is 14.6. The molecule has 0 spiro atoms. The SMILES string of the molecule is O=C1CN(S(=O)(=O)c2ccc(C(=O)Nc3ccccc3)cc2)CCN1. The summed E-state index contributed by atoms with van der Waals surface area (Å²) in [5.41, 5.74) is 1.00. The number of sulfonamides is 1. The number of nitrogens with zero attached hydrogens (tertiary/aromatic N) is 1. The normalized spacial score (nSPS) is 15.4. The third-order valence-corrected chi connectivity index (χ3v) is 5.65. The molecule has 2 amide bonds. The fourth-order valence-corrected chi connectivity index (χ4v) is 3.87. The van der Waals surface area contributed by atoms with Gasteiger partial charge in [-0.2, -0.15) is 4.31 Å². The molecular weight excluding hydrogens is 342 g/mol. The molecule has 0 saturated carbocycles. The van der Waals surface area contributed by atoms with Crippen molar-refractivity contribution in [3.8, 4) is 0 Å². The van der Waals surface area contributed by atoms with Crippen molar-refractivity contribution >= 4 is 27.5 Å². The Kier molecular flexibility index (Phi) is 4.82. The average Bonchev–Trinajstić information content (AvgIpc) is 2.62. The molecule has 7 nitrogen and oxygen atoms in total. The Morgan fingerprint density at radius 2 is 1.72 bits per heavy atom. The van der Waals surface area contributed by atoms with Crippen molar-refractivity contribution in [3.05, 3.63) is 60.2 Å². The summed E-state index contributed by atoms with van der Waals surface area (Å²) >= 11 is 0. The lowest BCUT2D eigenvalue weighted by Gasteiger charge is -2.25. The van der Waals surface area contributed by atoms with Gasteiger partial charge in [0, 0.05) is 24.3 Å². The number of hydrogen-bond acceptors (Lipinski definition) is 4. The Labute approximate surface area is 145 Å². The average molecular weight is 359 g/mol. The second kappa shape index (κ2) is 7.04. The number of amides is 2. The molecular formula is C17H17N3O4S. The first-order valence-electron chi connectivity index (χ1n) is 7.70. The molecule has 0 aliphatic carbocycles. The highest BCUT2D eigenvalue weighted by Crippen LogP contribution is 2.18. The van der Waals surface area contributed by atoms with Crippen molar-refractivity contribution < 1.29 is 18.0 Å². The highest BCUT2D eigenvalue weighted by Gasteiger charge is 2.29. The van der Waals surface area contributed by atoms with Gasteiger partial charge in [-0.05, 0) is 36.4 Å². The molecule has 0 radical (unpaired) electrons. The summed E-state index contributed by atoms with van der Waals surface area (Å²) in [5, 5.41) is 5.32. The zero-order chi connectivity index (χ0) is 17.9. The Hall–Kier alpha value is -2.71. The number of rotatable bonds is 4. The number of hydrogen-bond donors (Lipinski definition) is 2. The van der Waals surface area contributed by atoms with Crippen LogP contribution < -0.4 is 10.6 Å². The first kappa shape index (κ1) is 17.1. The molecule has 8 heteroatoms. The lowest BCUT2D eigenvalue weighted by Crippen LogP contribution is -2.49. The van der Waals surface area contributed by atoms with Gasteiger partial charge in [0.05, 0.1) is 11.4 Å². The standard InChI is InChI=1S/C17H17N3O4S/c21-16-12-20(11-10-18-16)25(23,24)15-8-6-13(7-9-15)17(22)19-14-4-2-1-3-5-14/h1-9H,10-12H2,(H,18,21)(H,19,22). The minimum atomic E-state index is -3.76. The Balaban J connectivity index is 1.75. The van der Waals surface area contributed by atoms with Gasteiger partial charge in [-0.1, -0.05) is 18.2 Å². The fraction of sp³-hybridized carbons (Fsp3) is 0.176. The summed E-state index contributed by atoms with van der Waals surface area (Å²) < 4.78 is 26.2. The Morgan fingerprint density at radius 1 is 1.04 bits per heavy atom. The molecule has 130 valence electrons. The van der Waals surface area contributed by atoms with Gasteiger partial charge in [0.25, 0.3) is 5.91 Å². The zero-order valence-corrected chi connectivity index (χ0v) is 14.1. The number of carbonyl (C=O) groups is 2. The third kappa shape index (κ3) is 3.86. The van der Waals surface area contributed by atoms with Crippen molar-refractivity contribution in [2.45, 2.75) is 4.90 Å². The number of anilines is 1. The van der Waals surface area contributed by atoms with Crippen LogP contribution in [0.1, 0.15) is 10.4 Å². The van der Waals surface area contributed by atoms with E-state index in [1.165, 1.54) is 24.3 Å². The Bertz CT molecular complexity index is 880. The summed E-state index contributed by atoms with van der Waals surface area (Å²) in [4.78, 5) is 23.6. The first-order chi connectivity index (χ1) is 12.0. The van der Waals surface area contributed by atoms with Crippen LogP contribution >= 0.6 is 0 Å². The van der Waals surface area contributed by atoms with Gasteiger partial charge in [0.1, 0.15) is 0 Å². The summed E-state index contributed by atoms with van der Waals surface area (Å²) in [5.74, 6) is -0.652. The van der Waals surface area contributed by atoms with Crippen LogP contribution in [0.3, 0.4) is 0 Å². The second-order valence-corrected chi connectivity index (χ2v) is 7.47. The molecule has 1 heterocycles. The van der Waals surface area contributed by atoms with E-state index in [1.54, 1.807) is 24.3 Å². The maximum absolute atomic E-state index is 12.6. The predicted octanol–water partition coefficient (Wildman–Crippen LogP) is 1.06. The van der Waals surface area contributed by atoms with Crippen LogP contribution in [0, 0.1) is 0 Å². The molecule has 0 bridgehead atoms. The number of carbonyl (C=O) groups excluding carboxylic acids is 2. The van der Waals surface area contributed by atoms with Gasteiger partial charge in [0.2, 0.25) is 15.9 Å².